The second-order valence-corrected chi connectivity index (χ2v) is 9.96. The highest BCUT2D eigenvalue weighted by Gasteiger charge is 2.68. The van der Waals surface area contributed by atoms with Gasteiger partial charge >= 0.3 is 5.97 Å². The number of rotatable bonds is 1. The second kappa shape index (κ2) is 4.40. The van der Waals surface area contributed by atoms with Crippen LogP contribution in [0.4, 0.5) is 0 Å². The van der Waals surface area contributed by atoms with Gasteiger partial charge in [-0.1, -0.05) is 20.3 Å². The summed E-state index contributed by atoms with van der Waals surface area (Å²) in [5.41, 5.74) is -0.357. The zero-order valence-corrected chi connectivity index (χ0v) is 14.8. The average molecular weight is 318 g/mol. The normalized spacial score (nSPS) is 55.2. The molecule has 0 aromatic rings. The molecule has 0 unspecified atom stereocenters. The van der Waals surface area contributed by atoms with Crippen LogP contribution in [-0.4, -0.2) is 16.9 Å². The van der Waals surface area contributed by atoms with E-state index in [-0.39, 0.29) is 22.2 Å². The van der Waals surface area contributed by atoms with Gasteiger partial charge in [-0.2, -0.15) is 0 Å². The zero-order chi connectivity index (χ0) is 16.7. The second-order valence-electron chi connectivity index (χ2n) is 9.96. The molecule has 4 rings (SSSR count). The number of carboxylic acid groups (broad SMARTS) is 1. The van der Waals surface area contributed by atoms with Crippen molar-refractivity contribution in [2.24, 2.45) is 33.5 Å². The summed E-state index contributed by atoms with van der Waals surface area (Å²) in [5.74, 6) is 0.704. The van der Waals surface area contributed by atoms with Crippen molar-refractivity contribution in [3.63, 3.8) is 0 Å². The van der Waals surface area contributed by atoms with Gasteiger partial charge in [0.15, 0.2) is 0 Å². The summed E-state index contributed by atoms with van der Waals surface area (Å²) < 4.78 is 0. The Morgan fingerprint density at radius 3 is 2.43 bits per heavy atom. The molecule has 128 valence electrons. The molecule has 1 N–H and O–H groups in total. The van der Waals surface area contributed by atoms with E-state index in [1.807, 2.05) is 6.92 Å². The van der Waals surface area contributed by atoms with Gasteiger partial charge in [-0.15, -0.1) is 0 Å². The van der Waals surface area contributed by atoms with E-state index in [1.165, 1.54) is 0 Å². The molecule has 1 spiro atoms. The molecule has 0 saturated heterocycles. The van der Waals surface area contributed by atoms with Gasteiger partial charge in [0.05, 0.1) is 5.41 Å². The Kier molecular flexibility index (Phi) is 3.00. The smallest absolute Gasteiger partial charge is 0.309 e. The molecule has 2 bridgehead atoms. The molecule has 0 heterocycles. The van der Waals surface area contributed by atoms with Crippen LogP contribution in [0, 0.1) is 33.5 Å². The van der Waals surface area contributed by atoms with Gasteiger partial charge in [0.1, 0.15) is 5.78 Å². The van der Waals surface area contributed by atoms with E-state index in [4.69, 9.17) is 0 Å². The average Bonchev–Trinajstić information content (AvgIpc) is 2.63. The third kappa shape index (κ3) is 1.77. The SMILES string of the molecule is C[C@]12CC[C@@H]3[C@@](CC[C@H]4[C@@]3(C)CCC[C@@]4(C)C(=O)O)(CC1=O)C2. The Bertz CT molecular complexity index is 583. The van der Waals surface area contributed by atoms with Gasteiger partial charge in [0, 0.05) is 11.8 Å². The van der Waals surface area contributed by atoms with Crippen LogP contribution >= 0.6 is 0 Å². The summed E-state index contributed by atoms with van der Waals surface area (Å²) in [5, 5.41) is 9.91. The maximum absolute atomic E-state index is 12.6. The number of carbonyl (C=O) groups is 2. The first-order valence-corrected chi connectivity index (χ1v) is 9.43. The minimum Gasteiger partial charge on any atom is -0.481 e. The molecule has 6 atom stereocenters. The van der Waals surface area contributed by atoms with Crippen LogP contribution in [0.5, 0.6) is 0 Å². The first-order valence-electron chi connectivity index (χ1n) is 9.43. The van der Waals surface area contributed by atoms with Crippen molar-refractivity contribution in [1.82, 2.24) is 0 Å². The molecule has 0 aromatic heterocycles. The Morgan fingerprint density at radius 1 is 1.04 bits per heavy atom. The van der Waals surface area contributed by atoms with Crippen molar-refractivity contribution in [3.05, 3.63) is 0 Å². The van der Waals surface area contributed by atoms with E-state index in [9.17, 15) is 14.7 Å². The summed E-state index contributed by atoms with van der Waals surface area (Å²) >= 11 is 0. The fourth-order valence-corrected chi connectivity index (χ4v) is 7.76. The molecule has 23 heavy (non-hydrogen) atoms. The molecule has 3 nitrogen and oxygen atoms in total. The summed E-state index contributed by atoms with van der Waals surface area (Å²) in [7, 11) is 0. The summed E-state index contributed by atoms with van der Waals surface area (Å²) in [6.07, 6.45) is 9.04. The predicted octanol–water partition coefficient (Wildman–Crippen LogP) is 4.44. The highest BCUT2D eigenvalue weighted by atomic mass is 16.4. The number of carboxylic acids is 1. The van der Waals surface area contributed by atoms with Crippen molar-refractivity contribution >= 4 is 11.8 Å². The number of ketones is 1. The molecule has 4 aliphatic rings. The van der Waals surface area contributed by atoms with Gasteiger partial charge in [-0.25, -0.2) is 0 Å². The van der Waals surface area contributed by atoms with Crippen molar-refractivity contribution in [1.29, 1.82) is 0 Å². The minimum atomic E-state index is -0.604. The van der Waals surface area contributed by atoms with E-state index < -0.39 is 11.4 Å². The van der Waals surface area contributed by atoms with Crippen LogP contribution in [0.2, 0.25) is 0 Å². The molecule has 0 radical (unpaired) electrons. The lowest BCUT2D eigenvalue weighted by Crippen LogP contribution is -2.58. The van der Waals surface area contributed by atoms with E-state index in [0.717, 1.165) is 57.8 Å². The molecule has 4 saturated carbocycles. The fraction of sp³-hybridized carbons (Fsp3) is 0.900. The van der Waals surface area contributed by atoms with Crippen molar-refractivity contribution in [2.45, 2.75) is 78.6 Å². The quantitative estimate of drug-likeness (QED) is 0.777. The lowest BCUT2D eigenvalue weighted by Gasteiger charge is -2.63. The summed E-state index contributed by atoms with van der Waals surface area (Å²) in [6.45, 7) is 6.54. The molecule has 4 aliphatic carbocycles. The number of carbonyl (C=O) groups excluding carboxylic acids is 1. The monoisotopic (exact) mass is 318 g/mol. The van der Waals surface area contributed by atoms with Gasteiger partial charge in [0.25, 0.3) is 0 Å². The molecule has 3 heteroatoms. The van der Waals surface area contributed by atoms with E-state index in [1.54, 1.807) is 0 Å². The van der Waals surface area contributed by atoms with Crippen LogP contribution in [0.15, 0.2) is 0 Å². The molecular formula is C20H30O3. The van der Waals surface area contributed by atoms with Gasteiger partial charge in [0.2, 0.25) is 0 Å². The van der Waals surface area contributed by atoms with Crippen molar-refractivity contribution in [2.75, 3.05) is 0 Å². The molecule has 4 fully saturated rings. The highest BCUT2D eigenvalue weighted by Crippen LogP contribution is 2.72. The number of hydrogen-bond donors (Lipinski definition) is 1. The highest BCUT2D eigenvalue weighted by molar-refractivity contribution is 5.88. The Morgan fingerprint density at radius 2 is 1.74 bits per heavy atom. The van der Waals surface area contributed by atoms with E-state index in [2.05, 4.69) is 13.8 Å². The van der Waals surface area contributed by atoms with Crippen LogP contribution in [-0.2, 0) is 9.59 Å². The largest absolute Gasteiger partial charge is 0.481 e. The Balaban J connectivity index is 1.76. The molecule has 0 aliphatic heterocycles. The summed E-state index contributed by atoms with van der Waals surface area (Å²) in [4.78, 5) is 24.7. The summed E-state index contributed by atoms with van der Waals surface area (Å²) in [6, 6.07) is 0. The van der Waals surface area contributed by atoms with E-state index >= 15 is 0 Å². The Labute approximate surface area is 139 Å². The van der Waals surface area contributed by atoms with Crippen molar-refractivity contribution < 1.29 is 14.7 Å². The van der Waals surface area contributed by atoms with Crippen LogP contribution in [0.25, 0.3) is 0 Å². The predicted molar refractivity (Wildman–Crippen MR) is 87.9 cm³/mol. The van der Waals surface area contributed by atoms with Gasteiger partial charge in [-0.05, 0) is 74.5 Å². The van der Waals surface area contributed by atoms with Gasteiger partial charge in [-0.3, -0.25) is 9.59 Å². The Hall–Kier alpha value is -0.860. The molecule has 0 amide bonds. The van der Waals surface area contributed by atoms with Crippen molar-refractivity contribution in [3.8, 4) is 0 Å². The molecule has 0 aromatic carbocycles. The lowest BCUT2D eigenvalue weighted by molar-refractivity contribution is -0.182. The number of aliphatic carboxylic acids is 1. The third-order valence-corrected chi connectivity index (χ3v) is 8.84. The molecular weight excluding hydrogens is 288 g/mol. The number of hydrogen-bond acceptors (Lipinski definition) is 2. The topological polar surface area (TPSA) is 54.4 Å². The van der Waals surface area contributed by atoms with Crippen LogP contribution < -0.4 is 0 Å². The van der Waals surface area contributed by atoms with Crippen LogP contribution in [0.1, 0.15) is 78.6 Å². The first-order chi connectivity index (χ1) is 10.7. The standard InChI is InChI=1S/C20H30O3/c1-17-9-5-14-18(2)7-4-8-19(3,16(22)23)13(18)6-10-20(14,12-17)11-15(17)21/h13-14H,4-12H2,1-3H3,(H,22,23)/t13-,14-,17+,18+,19+,20-/m0/s1. The first kappa shape index (κ1) is 15.7. The minimum absolute atomic E-state index is 0.0789. The zero-order valence-electron chi connectivity index (χ0n) is 14.8. The number of fused-ring (bicyclic) bond motifs is 3. The fourth-order valence-electron chi connectivity index (χ4n) is 7.76. The van der Waals surface area contributed by atoms with Crippen LogP contribution in [0.3, 0.4) is 0 Å². The maximum Gasteiger partial charge on any atom is 0.309 e. The lowest BCUT2D eigenvalue weighted by atomic mass is 9.40. The third-order valence-electron chi connectivity index (χ3n) is 8.84. The number of Topliss-reactive ketones (excluding diaryl/α,β-unsaturated/α-hetero) is 1. The van der Waals surface area contributed by atoms with E-state index in [0.29, 0.717) is 11.7 Å². The van der Waals surface area contributed by atoms with Gasteiger partial charge < -0.3 is 5.11 Å². The maximum atomic E-state index is 12.6.